The summed E-state index contributed by atoms with van der Waals surface area (Å²) in [7, 11) is 0. The summed E-state index contributed by atoms with van der Waals surface area (Å²) >= 11 is 0. The van der Waals surface area contributed by atoms with Crippen LogP contribution < -0.4 is 10.1 Å². The molecule has 0 atom stereocenters. The smallest absolute Gasteiger partial charge is 0.221 e. The van der Waals surface area contributed by atoms with Crippen LogP contribution in [0.1, 0.15) is 17.3 Å². The van der Waals surface area contributed by atoms with E-state index >= 15 is 0 Å². The zero-order chi connectivity index (χ0) is 14.4. The topological polar surface area (TPSA) is 55.4 Å². The molecule has 0 fully saturated rings. The van der Waals surface area contributed by atoms with E-state index in [-0.39, 0.29) is 18.3 Å². The number of hydrogen-bond donors (Lipinski definition) is 1. The number of Topliss-reactive ketones (excluding diaryl/α,β-unsaturated/α-hetero) is 1. The molecule has 20 heavy (non-hydrogen) atoms. The van der Waals surface area contributed by atoms with Crippen LogP contribution in [0, 0.1) is 0 Å². The predicted octanol–water partition coefficient (Wildman–Crippen LogP) is 2.91. The number of nitrogens with one attached hydrogen (secondary N) is 1. The Balaban J connectivity index is 1.97. The molecule has 0 bridgehead atoms. The van der Waals surface area contributed by atoms with E-state index in [1.807, 2.05) is 18.2 Å². The van der Waals surface area contributed by atoms with Crippen molar-refractivity contribution in [2.75, 3.05) is 11.9 Å². The second-order valence-electron chi connectivity index (χ2n) is 4.29. The molecule has 2 rings (SSSR count). The van der Waals surface area contributed by atoms with Gasteiger partial charge in [0.25, 0.3) is 0 Å². The van der Waals surface area contributed by atoms with E-state index in [0.29, 0.717) is 17.0 Å². The maximum absolute atomic E-state index is 11.9. The maximum atomic E-state index is 11.9. The van der Waals surface area contributed by atoms with E-state index in [9.17, 15) is 9.59 Å². The zero-order valence-electron chi connectivity index (χ0n) is 11.1. The Labute approximate surface area is 117 Å². The largest absolute Gasteiger partial charge is 0.485 e. The van der Waals surface area contributed by atoms with Crippen molar-refractivity contribution in [3.05, 3.63) is 60.2 Å². The number of carbonyl (C=O) groups excluding carboxylic acids is 2. The molecular formula is C16H15NO3. The van der Waals surface area contributed by atoms with Crippen molar-refractivity contribution in [2.24, 2.45) is 0 Å². The number of hydrogen-bond acceptors (Lipinski definition) is 3. The fourth-order valence-corrected chi connectivity index (χ4v) is 1.72. The highest BCUT2D eigenvalue weighted by molar-refractivity contribution is 5.97. The first-order chi connectivity index (χ1) is 9.65. The molecule has 2 aromatic rings. The highest BCUT2D eigenvalue weighted by atomic mass is 16.5. The van der Waals surface area contributed by atoms with Gasteiger partial charge in [0.2, 0.25) is 5.91 Å². The van der Waals surface area contributed by atoms with Crippen LogP contribution in [0.5, 0.6) is 5.75 Å². The molecule has 1 amide bonds. The molecule has 0 aliphatic carbocycles. The van der Waals surface area contributed by atoms with Crippen molar-refractivity contribution in [2.45, 2.75) is 6.92 Å². The molecule has 0 aliphatic rings. The van der Waals surface area contributed by atoms with Gasteiger partial charge in [-0.3, -0.25) is 9.59 Å². The summed E-state index contributed by atoms with van der Waals surface area (Å²) in [6.07, 6.45) is 0. The summed E-state index contributed by atoms with van der Waals surface area (Å²) < 4.78 is 5.44. The maximum Gasteiger partial charge on any atom is 0.221 e. The SMILES string of the molecule is CC(=O)Nc1cccc(OCC(=O)c2ccccc2)c1. The number of benzene rings is 2. The minimum Gasteiger partial charge on any atom is -0.485 e. The Kier molecular flexibility index (Phi) is 4.50. The van der Waals surface area contributed by atoms with Gasteiger partial charge in [0.15, 0.2) is 12.4 Å². The van der Waals surface area contributed by atoms with Crippen molar-refractivity contribution in [1.82, 2.24) is 0 Å². The summed E-state index contributed by atoms with van der Waals surface area (Å²) in [4.78, 5) is 22.9. The number of amides is 1. The zero-order valence-corrected chi connectivity index (χ0v) is 11.1. The average Bonchev–Trinajstić information content (AvgIpc) is 2.45. The van der Waals surface area contributed by atoms with Crippen molar-refractivity contribution < 1.29 is 14.3 Å². The highest BCUT2D eigenvalue weighted by Crippen LogP contribution is 2.17. The van der Waals surface area contributed by atoms with Gasteiger partial charge in [-0.1, -0.05) is 36.4 Å². The minimum atomic E-state index is -0.150. The number of carbonyl (C=O) groups is 2. The standard InChI is InChI=1S/C16H15NO3/c1-12(18)17-14-8-5-9-15(10-14)20-11-16(19)13-6-3-2-4-7-13/h2-10H,11H2,1H3,(H,17,18). The summed E-state index contributed by atoms with van der Waals surface area (Å²) in [5.41, 5.74) is 1.26. The molecule has 0 aliphatic heterocycles. The molecule has 102 valence electrons. The summed E-state index contributed by atoms with van der Waals surface area (Å²) in [5, 5.41) is 2.66. The lowest BCUT2D eigenvalue weighted by Gasteiger charge is -2.08. The number of anilines is 1. The van der Waals surface area contributed by atoms with Crippen LogP contribution in [0.2, 0.25) is 0 Å². The van der Waals surface area contributed by atoms with E-state index < -0.39 is 0 Å². The van der Waals surface area contributed by atoms with Crippen LogP contribution >= 0.6 is 0 Å². The fraction of sp³-hybridized carbons (Fsp3) is 0.125. The molecule has 0 unspecified atom stereocenters. The van der Waals surface area contributed by atoms with Crippen molar-refractivity contribution in [3.63, 3.8) is 0 Å². The van der Waals surface area contributed by atoms with E-state index in [1.54, 1.807) is 36.4 Å². The molecule has 0 heterocycles. The Bertz CT molecular complexity index is 608. The summed E-state index contributed by atoms with van der Waals surface area (Å²) in [6, 6.07) is 15.9. The van der Waals surface area contributed by atoms with Gasteiger partial charge in [0.1, 0.15) is 5.75 Å². The Morgan fingerprint density at radius 2 is 1.80 bits per heavy atom. The fourth-order valence-electron chi connectivity index (χ4n) is 1.72. The minimum absolute atomic E-state index is 0.0342. The first-order valence-electron chi connectivity index (χ1n) is 6.24. The van der Waals surface area contributed by atoms with Crippen LogP contribution in [0.3, 0.4) is 0 Å². The van der Waals surface area contributed by atoms with Gasteiger partial charge in [-0.05, 0) is 12.1 Å². The summed E-state index contributed by atoms with van der Waals surface area (Å²) in [6.45, 7) is 1.40. The number of rotatable bonds is 5. The highest BCUT2D eigenvalue weighted by Gasteiger charge is 2.06. The van der Waals surface area contributed by atoms with Crippen LogP contribution in [0.4, 0.5) is 5.69 Å². The van der Waals surface area contributed by atoms with Gasteiger partial charge in [0, 0.05) is 24.2 Å². The quantitative estimate of drug-likeness (QED) is 0.849. The number of ether oxygens (including phenoxy) is 1. The second-order valence-corrected chi connectivity index (χ2v) is 4.29. The molecule has 0 radical (unpaired) electrons. The van der Waals surface area contributed by atoms with Gasteiger partial charge < -0.3 is 10.1 Å². The lowest BCUT2D eigenvalue weighted by Crippen LogP contribution is -2.11. The molecule has 1 N–H and O–H groups in total. The van der Waals surface area contributed by atoms with Gasteiger partial charge in [-0.15, -0.1) is 0 Å². The first kappa shape index (κ1) is 13.8. The predicted molar refractivity (Wildman–Crippen MR) is 77.0 cm³/mol. The normalized spacial score (nSPS) is 9.85. The number of ketones is 1. The molecule has 0 saturated heterocycles. The molecule has 2 aromatic carbocycles. The van der Waals surface area contributed by atoms with Crippen LogP contribution in [0.15, 0.2) is 54.6 Å². The van der Waals surface area contributed by atoms with Crippen LogP contribution in [0.25, 0.3) is 0 Å². The van der Waals surface area contributed by atoms with Gasteiger partial charge in [-0.25, -0.2) is 0 Å². The monoisotopic (exact) mass is 269 g/mol. The average molecular weight is 269 g/mol. The van der Waals surface area contributed by atoms with E-state index in [4.69, 9.17) is 4.74 Å². The summed E-state index contributed by atoms with van der Waals surface area (Å²) in [5.74, 6) is 0.304. The lowest BCUT2D eigenvalue weighted by molar-refractivity contribution is -0.114. The van der Waals surface area contributed by atoms with Crippen molar-refractivity contribution in [1.29, 1.82) is 0 Å². The Morgan fingerprint density at radius 3 is 2.50 bits per heavy atom. The Morgan fingerprint density at radius 1 is 1.05 bits per heavy atom. The third-order valence-electron chi connectivity index (χ3n) is 2.62. The van der Waals surface area contributed by atoms with Crippen molar-refractivity contribution in [3.8, 4) is 5.75 Å². The molecule has 4 nitrogen and oxygen atoms in total. The molecule has 0 saturated carbocycles. The first-order valence-corrected chi connectivity index (χ1v) is 6.24. The molecular weight excluding hydrogens is 254 g/mol. The molecule has 0 aromatic heterocycles. The Hall–Kier alpha value is -2.62. The van der Waals surface area contributed by atoms with Crippen molar-refractivity contribution >= 4 is 17.4 Å². The van der Waals surface area contributed by atoms with Crippen LogP contribution in [-0.4, -0.2) is 18.3 Å². The van der Waals surface area contributed by atoms with Gasteiger partial charge in [0.05, 0.1) is 0 Å². The molecule has 4 heteroatoms. The van der Waals surface area contributed by atoms with Gasteiger partial charge in [-0.2, -0.15) is 0 Å². The van der Waals surface area contributed by atoms with Gasteiger partial charge >= 0.3 is 0 Å². The second kappa shape index (κ2) is 6.52. The molecule has 0 spiro atoms. The third kappa shape index (κ3) is 3.95. The van der Waals surface area contributed by atoms with E-state index in [2.05, 4.69) is 5.32 Å². The van der Waals surface area contributed by atoms with Crippen LogP contribution in [-0.2, 0) is 4.79 Å². The lowest BCUT2D eigenvalue weighted by atomic mass is 10.1. The van der Waals surface area contributed by atoms with E-state index in [1.165, 1.54) is 6.92 Å². The third-order valence-corrected chi connectivity index (χ3v) is 2.62. The van der Waals surface area contributed by atoms with E-state index in [0.717, 1.165) is 0 Å².